The molecule has 1 aromatic rings. The van der Waals surface area contributed by atoms with Crippen molar-refractivity contribution >= 4 is 23.3 Å². The van der Waals surface area contributed by atoms with E-state index in [2.05, 4.69) is 5.32 Å². The number of hydrogen-bond donors (Lipinski definition) is 2. The third-order valence-electron chi connectivity index (χ3n) is 3.15. The van der Waals surface area contributed by atoms with Gasteiger partial charge in [0.1, 0.15) is 0 Å². The van der Waals surface area contributed by atoms with Crippen molar-refractivity contribution in [1.29, 1.82) is 0 Å². The molecule has 0 unspecified atom stereocenters. The first-order chi connectivity index (χ1) is 9.06. The molecule has 0 spiro atoms. The van der Waals surface area contributed by atoms with Crippen LogP contribution in [0.5, 0.6) is 0 Å². The van der Waals surface area contributed by atoms with Crippen molar-refractivity contribution in [3.05, 3.63) is 24.3 Å². The predicted octanol–water partition coefficient (Wildman–Crippen LogP) is 0.965. The maximum Gasteiger partial charge on any atom is 0.321 e. The number of nitrogens with two attached hydrogens (primary N) is 1. The molecule has 0 aliphatic carbocycles. The van der Waals surface area contributed by atoms with Gasteiger partial charge in [-0.25, -0.2) is 4.79 Å². The van der Waals surface area contributed by atoms with Gasteiger partial charge in [-0.15, -0.1) is 0 Å². The summed E-state index contributed by atoms with van der Waals surface area (Å²) in [6.07, 6.45) is 0. The van der Waals surface area contributed by atoms with Gasteiger partial charge in [0.05, 0.1) is 0 Å². The number of nitrogens with one attached hydrogen (secondary N) is 1. The van der Waals surface area contributed by atoms with Crippen LogP contribution in [0.15, 0.2) is 24.3 Å². The summed E-state index contributed by atoms with van der Waals surface area (Å²) in [4.78, 5) is 26.7. The third kappa shape index (κ3) is 3.37. The van der Waals surface area contributed by atoms with E-state index < -0.39 is 0 Å². The number of benzene rings is 1. The van der Waals surface area contributed by atoms with Crippen LogP contribution in [0.1, 0.15) is 6.92 Å². The number of carbonyl (C=O) groups is 2. The fraction of sp³-hybridized carbons (Fsp3) is 0.385. The molecule has 1 saturated heterocycles. The van der Waals surface area contributed by atoms with Gasteiger partial charge in [-0.1, -0.05) is 6.07 Å². The second kappa shape index (κ2) is 5.60. The van der Waals surface area contributed by atoms with Gasteiger partial charge in [-0.3, -0.25) is 4.79 Å². The molecule has 6 heteroatoms. The number of urea groups is 1. The van der Waals surface area contributed by atoms with Crippen molar-refractivity contribution in [2.45, 2.75) is 6.92 Å². The third-order valence-corrected chi connectivity index (χ3v) is 3.15. The van der Waals surface area contributed by atoms with Gasteiger partial charge in [0.25, 0.3) is 0 Å². The van der Waals surface area contributed by atoms with Gasteiger partial charge in [0.2, 0.25) is 5.91 Å². The molecule has 0 atom stereocenters. The second-order valence-electron chi connectivity index (χ2n) is 4.55. The quantitative estimate of drug-likeness (QED) is 0.740. The average Bonchev–Trinajstić information content (AvgIpc) is 2.39. The van der Waals surface area contributed by atoms with Crippen LogP contribution in [0.4, 0.5) is 16.2 Å². The smallest absolute Gasteiger partial charge is 0.321 e. The number of piperazine rings is 1. The van der Waals surface area contributed by atoms with Gasteiger partial charge in [0, 0.05) is 44.5 Å². The van der Waals surface area contributed by atoms with E-state index in [1.807, 2.05) is 0 Å². The Hall–Kier alpha value is -2.24. The van der Waals surface area contributed by atoms with Crippen LogP contribution in [0.2, 0.25) is 0 Å². The highest BCUT2D eigenvalue weighted by Crippen LogP contribution is 2.13. The molecular formula is C13H18N4O2. The van der Waals surface area contributed by atoms with Crippen LogP contribution in [0, 0.1) is 0 Å². The fourth-order valence-corrected chi connectivity index (χ4v) is 2.04. The van der Waals surface area contributed by atoms with E-state index in [0.29, 0.717) is 37.6 Å². The zero-order valence-electron chi connectivity index (χ0n) is 10.9. The zero-order chi connectivity index (χ0) is 13.8. The van der Waals surface area contributed by atoms with Crippen molar-refractivity contribution in [3.8, 4) is 0 Å². The lowest BCUT2D eigenvalue weighted by atomic mass is 10.3. The van der Waals surface area contributed by atoms with Crippen molar-refractivity contribution in [2.75, 3.05) is 37.2 Å². The summed E-state index contributed by atoms with van der Waals surface area (Å²) in [5.41, 5.74) is 6.95. The lowest BCUT2D eigenvalue weighted by Crippen LogP contribution is -2.51. The number of hydrogen-bond acceptors (Lipinski definition) is 3. The van der Waals surface area contributed by atoms with Crippen LogP contribution >= 0.6 is 0 Å². The highest BCUT2D eigenvalue weighted by Gasteiger charge is 2.22. The van der Waals surface area contributed by atoms with E-state index >= 15 is 0 Å². The highest BCUT2D eigenvalue weighted by atomic mass is 16.2. The molecule has 1 fully saturated rings. The fourth-order valence-electron chi connectivity index (χ4n) is 2.04. The van der Waals surface area contributed by atoms with Gasteiger partial charge < -0.3 is 20.9 Å². The molecule has 102 valence electrons. The minimum absolute atomic E-state index is 0.0518. The molecule has 0 aromatic heterocycles. The first-order valence-corrected chi connectivity index (χ1v) is 6.23. The van der Waals surface area contributed by atoms with E-state index in [0.717, 1.165) is 0 Å². The molecule has 0 radical (unpaired) electrons. The Balaban J connectivity index is 1.90. The largest absolute Gasteiger partial charge is 0.399 e. The summed E-state index contributed by atoms with van der Waals surface area (Å²) in [6, 6.07) is 6.90. The van der Waals surface area contributed by atoms with Crippen molar-refractivity contribution in [1.82, 2.24) is 9.80 Å². The van der Waals surface area contributed by atoms with Crippen LogP contribution in [-0.4, -0.2) is 47.9 Å². The standard InChI is InChI=1S/C13H18N4O2/c1-10(18)16-5-7-17(8-6-16)13(19)15-12-4-2-3-11(14)9-12/h2-4,9H,5-8,14H2,1H3,(H,15,19). The number of rotatable bonds is 1. The summed E-state index contributed by atoms with van der Waals surface area (Å²) in [7, 11) is 0. The number of nitrogen functional groups attached to an aromatic ring is 1. The Morgan fingerprint density at radius 3 is 2.37 bits per heavy atom. The minimum atomic E-state index is -0.159. The summed E-state index contributed by atoms with van der Waals surface area (Å²) < 4.78 is 0. The Morgan fingerprint density at radius 1 is 1.16 bits per heavy atom. The van der Waals surface area contributed by atoms with Gasteiger partial charge in [-0.2, -0.15) is 0 Å². The SMILES string of the molecule is CC(=O)N1CCN(C(=O)Nc2cccc(N)c2)CC1. The molecular weight excluding hydrogens is 244 g/mol. The second-order valence-corrected chi connectivity index (χ2v) is 4.55. The first-order valence-electron chi connectivity index (χ1n) is 6.23. The Labute approximate surface area is 112 Å². The van der Waals surface area contributed by atoms with Gasteiger partial charge >= 0.3 is 6.03 Å². The van der Waals surface area contributed by atoms with Gasteiger partial charge in [0.15, 0.2) is 0 Å². The first kappa shape index (κ1) is 13.2. The zero-order valence-corrected chi connectivity index (χ0v) is 10.9. The Kier molecular flexibility index (Phi) is 3.89. The molecule has 1 heterocycles. The average molecular weight is 262 g/mol. The van der Waals surface area contributed by atoms with Crippen molar-refractivity contribution < 1.29 is 9.59 Å². The van der Waals surface area contributed by atoms with E-state index in [4.69, 9.17) is 5.73 Å². The number of nitrogens with zero attached hydrogens (tertiary/aromatic N) is 2. The molecule has 19 heavy (non-hydrogen) atoms. The van der Waals surface area contributed by atoms with E-state index in [1.54, 1.807) is 41.0 Å². The minimum Gasteiger partial charge on any atom is -0.399 e. The van der Waals surface area contributed by atoms with Crippen molar-refractivity contribution in [3.63, 3.8) is 0 Å². The van der Waals surface area contributed by atoms with Crippen LogP contribution in [0.25, 0.3) is 0 Å². The van der Waals surface area contributed by atoms with E-state index in [9.17, 15) is 9.59 Å². The molecule has 3 amide bonds. The summed E-state index contributed by atoms with van der Waals surface area (Å²) in [5.74, 6) is 0.0518. The predicted molar refractivity (Wildman–Crippen MR) is 73.7 cm³/mol. The molecule has 0 saturated carbocycles. The molecule has 2 rings (SSSR count). The van der Waals surface area contributed by atoms with Crippen LogP contribution in [0.3, 0.4) is 0 Å². The highest BCUT2D eigenvalue weighted by molar-refractivity contribution is 5.90. The lowest BCUT2D eigenvalue weighted by Gasteiger charge is -2.34. The summed E-state index contributed by atoms with van der Waals surface area (Å²) >= 11 is 0. The molecule has 3 N–H and O–H groups in total. The Morgan fingerprint density at radius 2 is 1.79 bits per heavy atom. The van der Waals surface area contributed by atoms with E-state index in [1.165, 1.54) is 0 Å². The van der Waals surface area contributed by atoms with Crippen molar-refractivity contribution in [2.24, 2.45) is 0 Å². The normalized spacial score (nSPS) is 15.2. The van der Waals surface area contributed by atoms with Gasteiger partial charge in [-0.05, 0) is 18.2 Å². The topological polar surface area (TPSA) is 78.7 Å². The molecule has 1 aliphatic heterocycles. The van der Waals surface area contributed by atoms with E-state index in [-0.39, 0.29) is 11.9 Å². The Bertz CT molecular complexity index is 481. The molecule has 1 aliphatic rings. The maximum atomic E-state index is 12.0. The molecule has 6 nitrogen and oxygen atoms in total. The van der Waals surface area contributed by atoms with Crippen LogP contribution in [-0.2, 0) is 4.79 Å². The monoisotopic (exact) mass is 262 g/mol. The lowest BCUT2D eigenvalue weighted by molar-refractivity contribution is -0.130. The number of anilines is 2. The molecule has 0 bridgehead atoms. The van der Waals surface area contributed by atoms with Crippen LogP contribution < -0.4 is 11.1 Å². The molecule has 1 aromatic carbocycles. The maximum absolute atomic E-state index is 12.0. The summed E-state index contributed by atoms with van der Waals surface area (Å²) in [5, 5.41) is 2.80. The number of amides is 3. The number of carbonyl (C=O) groups excluding carboxylic acids is 2. The summed E-state index contributed by atoms with van der Waals surface area (Å²) in [6.45, 7) is 3.81.